The van der Waals surface area contributed by atoms with E-state index in [1.165, 1.54) is 25.2 Å². The van der Waals surface area contributed by atoms with Gasteiger partial charge in [-0.1, -0.05) is 48.5 Å². The van der Waals surface area contributed by atoms with Crippen LogP contribution in [0, 0.1) is 0 Å². The smallest absolute Gasteiger partial charge is 0.355 e. The first-order valence-corrected chi connectivity index (χ1v) is 10.9. The minimum atomic E-state index is -1.92. The number of β-lactam (4-membered cyclic amide) rings is 1. The van der Waals surface area contributed by atoms with E-state index in [1.807, 2.05) is 6.07 Å². The van der Waals surface area contributed by atoms with Crippen molar-refractivity contribution < 1.29 is 33.4 Å². The van der Waals surface area contributed by atoms with Crippen molar-refractivity contribution in [2.24, 2.45) is 0 Å². The number of benzene rings is 2. The Kier molecular flexibility index (Phi) is 7.71. The number of fused-ring (bicyclic) bond motifs is 1. The number of carbonyl (C=O) groups excluding carboxylic acids is 4. The maximum Gasteiger partial charge on any atom is 0.355 e. The molecule has 1 aliphatic heterocycles. The van der Waals surface area contributed by atoms with Crippen LogP contribution in [-0.2, 0) is 40.0 Å². The van der Waals surface area contributed by atoms with Gasteiger partial charge in [-0.25, -0.2) is 4.79 Å². The van der Waals surface area contributed by atoms with Gasteiger partial charge in [0.05, 0.1) is 0 Å². The van der Waals surface area contributed by atoms with E-state index in [9.17, 15) is 19.2 Å². The van der Waals surface area contributed by atoms with Gasteiger partial charge in [0.2, 0.25) is 12.1 Å². The summed E-state index contributed by atoms with van der Waals surface area (Å²) in [6.45, 7) is 5.56. The SMILES string of the molecule is COC1(NC(C)=O)C(=O)N(C(C(=O)OCc2ccccc2)=C(C)C)C1OC(C)=O.c1cc2cc-2c1. The summed E-state index contributed by atoms with van der Waals surface area (Å²) in [5, 5.41) is 2.36. The number of rotatable bonds is 7. The number of ether oxygens (including phenoxy) is 3. The predicted molar refractivity (Wildman–Crippen MR) is 126 cm³/mol. The number of hydrogen-bond acceptors (Lipinski definition) is 7. The van der Waals surface area contributed by atoms with Crippen LogP contribution in [0.25, 0.3) is 11.1 Å². The van der Waals surface area contributed by atoms with Crippen LogP contribution in [0.1, 0.15) is 33.3 Å². The number of nitrogens with zero attached hydrogens (tertiary/aromatic N) is 1. The first kappa shape index (κ1) is 25.6. The number of methoxy groups -OCH3 is 1. The Morgan fingerprint density at radius 1 is 0.971 bits per heavy atom. The summed E-state index contributed by atoms with van der Waals surface area (Å²) < 4.78 is 15.7. The molecule has 2 unspecified atom stereocenters. The average molecular weight is 481 g/mol. The highest BCUT2D eigenvalue weighted by molar-refractivity contribution is 6.03. The number of amides is 2. The quantitative estimate of drug-likeness (QED) is 0.240. The lowest BCUT2D eigenvalue weighted by Crippen LogP contribution is -2.81. The number of carbonyl (C=O) groups is 4. The maximum atomic E-state index is 12.9. The maximum absolute atomic E-state index is 12.9. The van der Waals surface area contributed by atoms with Gasteiger partial charge in [0.1, 0.15) is 12.3 Å². The summed E-state index contributed by atoms with van der Waals surface area (Å²) in [5.41, 5.74) is 2.07. The standard InChI is InChI=1S/C20H24N2O7.C6H4/c1-12(2)16(17(25)28-11-15-9-7-6-8-10-15)22-18(26)20(27-5,21-13(3)23)19(22)29-14(4)24;1-2-5-4-6(5)3-1/h6-10,19H,11H2,1-5H3,(H,21,23);1-4H. The van der Waals surface area contributed by atoms with Gasteiger partial charge in [-0.3, -0.25) is 19.3 Å². The lowest BCUT2D eigenvalue weighted by atomic mass is 9.96. The summed E-state index contributed by atoms with van der Waals surface area (Å²) >= 11 is 0. The van der Waals surface area contributed by atoms with Crippen molar-refractivity contribution in [1.29, 1.82) is 0 Å². The number of allylic oxidation sites excluding steroid dienone is 1. The highest BCUT2D eigenvalue weighted by Crippen LogP contribution is 2.38. The molecule has 1 aromatic carbocycles. The Balaban J connectivity index is 0.000000485. The highest BCUT2D eigenvalue weighted by Gasteiger charge is 2.67. The van der Waals surface area contributed by atoms with Gasteiger partial charge in [0.15, 0.2) is 0 Å². The van der Waals surface area contributed by atoms with Crippen LogP contribution in [0.3, 0.4) is 0 Å². The molecule has 1 heterocycles. The van der Waals surface area contributed by atoms with E-state index in [2.05, 4.69) is 29.6 Å². The molecule has 3 aliphatic rings. The molecule has 1 fully saturated rings. The van der Waals surface area contributed by atoms with Crippen LogP contribution in [0.5, 0.6) is 0 Å². The molecule has 2 atom stereocenters. The molecule has 4 rings (SSSR count). The molecule has 1 N–H and O–H groups in total. The molecular weight excluding hydrogens is 452 g/mol. The van der Waals surface area contributed by atoms with Crippen LogP contribution < -0.4 is 5.32 Å². The van der Waals surface area contributed by atoms with Crippen molar-refractivity contribution in [3.05, 3.63) is 71.4 Å². The topological polar surface area (TPSA) is 111 Å². The molecule has 0 saturated carbocycles. The fourth-order valence-electron chi connectivity index (χ4n) is 3.64. The molecule has 9 nitrogen and oxygen atoms in total. The summed E-state index contributed by atoms with van der Waals surface area (Å²) in [7, 11) is 1.19. The van der Waals surface area contributed by atoms with Crippen LogP contribution in [0.4, 0.5) is 0 Å². The van der Waals surface area contributed by atoms with Crippen LogP contribution >= 0.6 is 0 Å². The van der Waals surface area contributed by atoms with E-state index < -0.39 is 35.7 Å². The summed E-state index contributed by atoms with van der Waals surface area (Å²) in [6.07, 6.45) is -1.37. The molecule has 0 spiro atoms. The zero-order valence-corrected chi connectivity index (χ0v) is 20.3. The molecule has 2 aliphatic carbocycles. The van der Waals surface area contributed by atoms with Crippen LogP contribution in [-0.4, -0.2) is 47.7 Å². The first-order valence-electron chi connectivity index (χ1n) is 10.9. The van der Waals surface area contributed by atoms with Crippen molar-refractivity contribution in [1.82, 2.24) is 10.2 Å². The average Bonchev–Trinajstić information content (AvgIpc) is 3.42. The highest BCUT2D eigenvalue weighted by atomic mass is 16.6. The minimum Gasteiger partial charge on any atom is -0.456 e. The number of hydrogen-bond donors (Lipinski definition) is 1. The van der Waals surface area contributed by atoms with Crippen molar-refractivity contribution in [3.8, 4) is 11.1 Å². The molecule has 0 aromatic heterocycles. The van der Waals surface area contributed by atoms with Gasteiger partial charge < -0.3 is 19.5 Å². The third-order valence-corrected chi connectivity index (χ3v) is 5.31. The number of esters is 2. The molecule has 2 amide bonds. The van der Waals surface area contributed by atoms with E-state index in [-0.39, 0.29) is 12.3 Å². The second-order valence-electron chi connectivity index (χ2n) is 8.25. The van der Waals surface area contributed by atoms with E-state index in [0.29, 0.717) is 5.57 Å². The Hall–Kier alpha value is -3.98. The zero-order valence-electron chi connectivity index (χ0n) is 20.3. The van der Waals surface area contributed by atoms with E-state index in [4.69, 9.17) is 14.2 Å². The van der Waals surface area contributed by atoms with Crippen molar-refractivity contribution in [2.45, 2.75) is 46.3 Å². The van der Waals surface area contributed by atoms with Crippen molar-refractivity contribution in [2.75, 3.05) is 7.11 Å². The summed E-state index contributed by atoms with van der Waals surface area (Å²) in [6, 6.07) is 17.5. The number of likely N-dealkylation sites (tertiary alicyclic amines) is 1. The Morgan fingerprint density at radius 3 is 2.03 bits per heavy atom. The van der Waals surface area contributed by atoms with E-state index in [1.54, 1.807) is 38.1 Å². The molecule has 184 valence electrons. The zero-order chi connectivity index (χ0) is 25.8. The van der Waals surface area contributed by atoms with Gasteiger partial charge in [-0.2, -0.15) is 0 Å². The Morgan fingerprint density at radius 2 is 1.60 bits per heavy atom. The fraction of sp³-hybridized carbons (Fsp3) is 0.308. The summed E-state index contributed by atoms with van der Waals surface area (Å²) in [5.74, 6) is -2.81. The molecule has 0 bridgehead atoms. The first-order chi connectivity index (χ1) is 16.6. The fourth-order valence-corrected chi connectivity index (χ4v) is 3.64. The second kappa shape index (κ2) is 10.5. The van der Waals surface area contributed by atoms with Crippen molar-refractivity contribution >= 4 is 23.8 Å². The molecule has 0 radical (unpaired) electrons. The van der Waals surface area contributed by atoms with Crippen LogP contribution in [0.15, 0.2) is 65.9 Å². The largest absolute Gasteiger partial charge is 0.456 e. The van der Waals surface area contributed by atoms with Gasteiger partial charge in [0, 0.05) is 21.0 Å². The predicted octanol–water partition coefficient (Wildman–Crippen LogP) is 2.90. The Bertz CT molecular complexity index is 1150. The molecule has 35 heavy (non-hydrogen) atoms. The molecule has 1 saturated heterocycles. The molecular formula is C26H28N2O7. The van der Waals surface area contributed by atoms with Crippen molar-refractivity contribution in [3.63, 3.8) is 0 Å². The minimum absolute atomic E-state index is 0.00215. The van der Waals surface area contributed by atoms with Gasteiger partial charge in [0.25, 0.3) is 11.6 Å². The molecule has 9 heteroatoms. The second-order valence-corrected chi connectivity index (χ2v) is 8.25. The monoisotopic (exact) mass is 480 g/mol. The normalized spacial score (nSPS) is 18.8. The van der Waals surface area contributed by atoms with Gasteiger partial charge in [-0.15, -0.1) is 0 Å². The third-order valence-electron chi connectivity index (χ3n) is 5.31. The number of nitrogens with one attached hydrogen (secondary N) is 1. The lowest BCUT2D eigenvalue weighted by molar-refractivity contribution is -0.250. The van der Waals surface area contributed by atoms with E-state index in [0.717, 1.165) is 17.4 Å². The lowest BCUT2D eigenvalue weighted by Gasteiger charge is -2.52. The summed E-state index contributed by atoms with van der Waals surface area (Å²) in [4.78, 5) is 49.8. The van der Waals surface area contributed by atoms with Gasteiger partial charge in [-0.05, 0) is 42.2 Å². The third kappa shape index (κ3) is 5.58. The molecule has 1 aromatic rings. The van der Waals surface area contributed by atoms with E-state index >= 15 is 0 Å². The Labute approximate surface area is 203 Å². The van der Waals surface area contributed by atoms with Crippen LogP contribution in [0.2, 0.25) is 0 Å². The van der Waals surface area contributed by atoms with Gasteiger partial charge >= 0.3 is 11.9 Å².